The number of aromatic hydroxyl groups is 1. The number of carbonyl (C=O) groups excluding carboxylic acids is 2. The van der Waals surface area contributed by atoms with E-state index in [9.17, 15) is 14.7 Å². The molecule has 3 rings (SSSR count). The molecule has 2 amide bonds. The number of halogens is 1. The molecule has 0 saturated carbocycles. The van der Waals surface area contributed by atoms with E-state index in [0.717, 1.165) is 26.7 Å². The number of benzene rings is 2. The number of phenols is 1. The number of thioether (sulfide) groups is 1. The van der Waals surface area contributed by atoms with Gasteiger partial charge in [-0.3, -0.25) is 9.59 Å². The van der Waals surface area contributed by atoms with Crippen LogP contribution in [0.15, 0.2) is 57.9 Å². The minimum atomic E-state index is -0.386. The summed E-state index contributed by atoms with van der Waals surface area (Å²) in [5.41, 5.74) is 1.20. The van der Waals surface area contributed by atoms with Gasteiger partial charge in [0.05, 0.1) is 10.6 Å². The fraction of sp³-hybridized carbons (Fsp3) is 0. The highest BCUT2D eigenvalue weighted by molar-refractivity contribution is 9.10. The highest BCUT2D eigenvalue weighted by atomic mass is 79.9. The minimum absolute atomic E-state index is 0.00781. The van der Waals surface area contributed by atoms with Crippen LogP contribution < -0.4 is 4.90 Å². The number of amides is 2. The summed E-state index contributed by atoms with van der Waals surface area (Å²) in [5.74, 6) is -0.378. The van der Waals surface area contributed by atoms with E-state index in [1.165, 1.54) is 12.1 Å². The quantitative estimate of drug-likeness (QED) is 0.790. The fourth-order valence-electron chi connectivity index (χ4n) is 2.03. The Kier molecular flexibility index (Phi) is 4.04. The summed E-state index contributed by atoms with van der Waals surface area (Å²) in [6.07, 6.45) is 1.68. The van der Waals surface area contributed by atoms with Crippen molar-refractivity contribution in [3.63, 3.8) is 0 Å². The van der Waals surface area contributed by atoms with Crippen molar-refractivity contribution in [2.24, 2.45) is 0 Å². The molecule has 0 radical (unpaired) electrons. The minimum Gasteiger partial charge on any atom is -0.508 e. The molecular weight excluding hydrogens is 366 g/mol. The topological polar surface area (TPSA) is 57.6 Å². The van der Waals surface area contributed by atoms with Gasteiger partial charge in [-0.2, -0.15) is 0 Å². The largest absolute Gasteiger partial charge is 0.508 e. The normalized spacial score (nSPS) is 16.6. The van der Waals surface area contributed by atoms with E-state index >= 15 is 0 Å². The molecule has 0 aromatic heterocycles. The van der Waals surface area contributed by atoms with Crippen molar-refractivity contribution in [2.45, 2.75) is 0 Å². The molecule has 22 heavy (non-hydrogen) atoms. The highest BCUT2D eigenvalue weighted by Gasteiger charge is 2.36. The van der Waals surface area contributed by atoms with Crippen molar-refractivity contribution in [3.05, 3.63) is 63.5 Å². The zero-order chi connectivity index (χ0) is 15.7. The van der Waals surface area contributed by atoms with Gasteiger partial charge in [-0.25, -0.2) is 4.90 Å². The zero-order valence-corrected chi connectivity index (χ0v) is 13.6. The molecule has 1 fully saturated rings. The standard InChI is InChI=1S/C16H10BrNO3S/c17-11-6-4-10(5-7-11)8-14-15(20)18(16(21)22-14)12-2-1-3-13(19)9-12/h1-9,19H/b14-8+. The molecule has 1 saturated heterocycles. The molecule has 0 spiro atoms. The van der Waals surface area contributed by atoms with Crippen molar-refractivity contribution >= 4 is 50.6 Å². The predicted octanol–water partition coefficient (Wildman–Crippen LogP) is 4.40. The van der Waals surface area contributed by atoms with E-state index in [1.807, 2.05) is 24.3 Å². The monoisotopic (exact) mass is 375 g/mol. The van der Waals surface area contributed by atoms with Gasteiger partial charge >= 0.3 is 0 Å². The lowest BCUT2D eigenvalue weighted by molar-refractivity contribution is -0.113. The number of nitrogens with zero attached hydrogens (tertiary/aromatic N) is 1. The van der Waals surface area contributed by atoms with Crippen molar-refractivity contribution in [3.8, 4) is 5.75 Å². The number of carbonyl (C=O) groups is 2. The molecule has 110 valence electrons. The van der Waals surface area contributed by atoms with Gasteiger partial charge in [-0.05, 0) is 47.7 Å². The maximum Gasteiger partial charge on any atom is 0.298 e. The molecule has 1 aliphatic heterocycles. The summed E-state index contributed by atoms with van der Waals surface area (Å²) in [5, 5.41) is 9.12. The van der Waals surface area contributed by atoms with Gasteiger partial charge in [0.25, 0.3) is 11.1 Å². The molecule has 2 aromatic carbocycles. The van der Waals surface area contributed by atoms with E-state index in [-0.39, 0.29) is 16.9 Å². The van der Waals surface area contributed by atoms with Gasteiger partial charge in [0, 0.05) is 10.5 Å². The van der Waals surface area contributed by atoms with Crippen molar-refractivity contribution in [2.75, 3.05) is 4.90 Å². The van der Waals surface area contributed by atoms with Gasteiger partial charge in [-0.1, -0.05) is 34.1 Å². The first-order valence-corrected chi connectivity index (χ1v) is 7.98. The Bertz CT molecular complexity index is 786. The first-order valence-electron chi connectivity index (χ1n) is 6.37. The van der Waals surface area contributed by atoms with Gasteiger partial charge in [0.2, 0.25) is 0 Å². The van der Waals surface area contributed by atoms with Gasteiger partial charge < -0.3 is 5.11 Å². The van der Waals surface area contributed by atoms with Crippen LogP contribution in [-0.2, 0) is 4.79 Å². The molecular formula is C16H10BrNO3S. The summed E-state index contributed by atoms with van der Waals surface area (Å²) in [7, 11) is 0. The average molecular weight is 376 g/mol. The molecule has 1 aliphatic rings. The fourth-order valence-corrected chi connectivity index (χ4v) is 3.14. The lowest BCUT2D eigenvalue weighted by atomic mass is 10.2. The SMILES string of the molecule is O=C1S/C(=C/c2ccc(Br)cc2)C(=O)N1c1cccc(O)c1. The van der Waals surface area contributed by atoms with Crippen LogP contribution in [0.3, 0.4) is 0 Å². The summed E-state index contributed by atoms with van der Waals surface area (Å²) in [6, 6.07) is 13.5. The van der Waals surface area contributed by atoms with E-state index in [1.54, 1.807) is 18.2 Å². The first kappa shape index (κ1) is 14.9. The highest BCUT2D eigenvalue weighted by Crippen LogP contribution is 2.36. The Labute approximate surface area is 139 Å². The van der Waals surface area contributed by atoms with Crippen molar-refractivity contribution in [1.82, 2.24) is 0 Å². The number of phenolic OH excluding ortho intramolecular Hbond substituents is 1. The molecule has 0 bridgehead atoms. The van der Waals surface area contributed by atoms with E-state index in [2.05, 4.69) is 15.9 Å². The molecule has 4 nitrogen and oxygen atoms in total. The lowest BCUT2D eigenvalue weighted by Gasteiger charge is -2.12. The van der Waals surface area contributed by atoms with Crippen LogP contribution in [0.5, 0.6) is 5.75 Å². The van der Waals surface area contributed by atoms with Crippen LogP contribution in [0.4, 0.5) is 10.5 Å². The van der Waals surface area contributed by atoms with Crippen LogP contribution in [0.2, 0.25) is 0 Å². The van der Waals surface area contributed by atoms with Crippen molar-refractivity contribution in [1.29, 1.82) is 0 Å². The Morgan fingerprint density at radius 3 is 2.50 bits per heavy atom. The van der Waals surface area contributed by atoms with Crippen LogP contribution in [-0.4, -0.2) is 16.3 Å². The van der Waals surface area contributed by atoms with E-state index in [4.69, 9.17) is 0 Å². The number of hydrogen-bond acceptors (Lipinski definition) is 4. The van der Waals surface area contributed by atoms with Crippen LogP contribution in [0, 0.1) is 0 Å². The summed E-state index contributed by atoms with van der Waals surface area (Å²) in [4.78, 5) is 25.9. The summed E-state index contributed by atoms with van der Waals surface area (Å²) >= 11 is 4.23. The summed E-state index contributed by atoms with van der Waals surface area (Å²) < 4.78 is 0.942. The second-order valence-corrected chi connectivity index (χ2v) is 6.50. The van der Waals surface area contributed by atoms with Gasteiger partial charge in [0.1, 0.15) is 5.75 Å². The van der Waals surface area contributed by atoms with E-state index in [0.29, 0.717) is 10.6 Å². The molecule has 1 N–H and O–H groups in total. The second-order valence-electron chi connectivity index (χ2n) is 4.59. The van der Waals surface area contributed by atoms with Gasteiger partial charge in [-0.15, -0.1) is 0 Å². The zero-order valence-electron chi connectivity index (χ0n) is 11.2. The Balaban J connectivity index is 1.93. The molecule has 2 aromatic rings. The Morgan fingerprint density at radius 2 is 1.82 bits per heavy atom. The first-order chi connectivity index (χ1) is 10.5. The third-order valence-corrected chi connectivity index (χ3v) is 4.45. The number of anilines is 1. The smallest absolute Gasteiger partial charge is 0.298 e. The Hall–Kier alpha value is -2.05. The maximum atomic E-state index is 12.4. The van der Waals surface area contributed by atoms with E-state index < -0.39 is 0 Å². The number of hydrogen-bond donors (Lipinski definition) is 1. The molecule has 0 aliphatic carbocycles. The maximum absolute atomic E-state index is 12.4. The van der Waals surface area contributed by atoms with Crippen LogP contribution >= 0.6 is 27.7 Å². The third kappa shape index (κ3) is 2.93. The molecule has 0 atom stereocenters. The van der Waals surface area contributed by atoms with Crippen molar-refractivity contribution < 1.29 is 14.7 Å². The molecule has 1 heterocycles. The molecule has 6 heteroatoms. The average Bonchev–Trinajstić information content (AvgIpc) is 2.76. The second kappa shape index (κ2) is 5.98. The lowest BCUT2D eigenvalue weighted by Crippen LogP contribution is -2.27. The number of rotatable bonds is 2. The summed E-state index contributed by atoms with van der Waals surface area (Å²) in [6.45, 7) is 0. The van der Waals surface area contributed by atoms with Crippen LogP contribution in [0.25, 0.3) is 6.08 Å². The third-order valence-electron chi connectivity index (χ3n) is 3.05. The Morgan fingerprint density at radius 1 is 1.09 bits per heavy atom. The van der Waals surface area contributed by atoms with Crippen LogP contribution in [0.1, 0.15) is 5.56 Å². The predicted molar refractivity (Wildman–Crippen MR) is 90.7 cm³/mol. The molecule has 0 unspecified atom stereocenters. The van der Waals surface area contributed by atoms with Gasteiger partial charge in [0.15, 0.2) is 0 Å². The number of imide groups is 1.